The van der Waals surface area contributed by atoms with Gasteiger partial charge in [-0.1, -0.05) is 18.2 Å². The van der Waals surface area contributed by atoms with Crippen LogP contribution in [0.5, 0.6) is 0 Å². The van der Waals surface area contributed by atoms with Crippen molar-refractivity contribution < 1.29 is 9.53 Å². The molecule has 8 heteroatoms. The Morgan fingerprint density at radius 1 is 1.07 bits per heavy atom. The van der Waals surface area contributed by atoms with Gasteiger partial charge in [0.05, 0.1) is 30.6 Å². The van der Waals surface area contributed by atoms with E-state index in [9.17, 15) is 4.79 Å². The van der Waals surface area contributed by atoms with E-state index in [0.717, 1.165) is 75.1 Å². The Morgan fingerprint density at radius 2 is 1.88 bits per heavy atom. The number of carbonyl (C=O) groups excluding carboxylic acids is 1. The Kier molecular flexibility index (Phi) is 8.13. The van der Waals surface area contributed by atoms with Crippen LogP contribution in [0.3, 0.4) is 0 Å². The number of esters is 1. The minimum Gasteiger partial charge on any atom is -0.469 e. The van der Waals surface area contributed by atoms with E-state index in [1.165, 1.54) is 49.6 Å². The molecule has 5 heterocycles. The van der Waals surface area contributed by atoms with Crippen LogP contribution in [0, 0.1) is 19.3 Å². The molecule has 8 nitrogen and oxygen atoms in total. The standard InChI is InChI=1S/C33H44N6O2/c1-24-18-25(2)39(36-24)30-8-4-6-27(19-30)28(20-31(40)41-3)21-37-15-11-33(12-16-37)13-17-38(23-33)22-29-10-9-26-7-5-14-34-32(26)35-29/h4,6,8-10,18-19,28H,5,7,11-17,20-23H2,1-3H3,(H,34,35)/t28-/m1/s1. The summed E-state index contributed by atoms with van der Waals surface area (Å²) in [5.74, 6) is 1.02. The zero-order valence-electron chi connectivity index (χ0n) is 24.9. The maximum absolute atomic E-state index is 12.4. The third kappa shape index (κ3) is 6.33. The van der Waals surface area contributed by atoms with E-state index in [-0.39, 0.29) is 11.9 Å². The third-order valence-electron chi connectivity index (χ3n) is 9.49. The number of aromatic nitrogens is 3. The highest BCUT2D eigenvalue weighted by molar-refractivity contribution is 5.70. The van der Waals surface area contributed by atoms with Gasteiger partial charge in [-0.3, -0.25) is 9.69 Å². The van der Waals surface area contributed by atoms with Gasteiger partial charge in [-0.05, 0) is 106 Å². The van der Waals surface area contributed by atoms with Crippen LogP contribution in [0.1, 0.15) is 66.2 Å². The van der Waals surface area contributed by atoms with Gasteiger partial charge in [0.1, 0.15) is 5.82 Å². The fourth-order valence-electron chi connectivity index (χ4n) is 7.15. The molecule has 1 N–H and O–H groups in total. The molecule has 3 aliphatic rings. The Balaban J connectivity index is 1.08. The quantitative estimate of drug-likeness (QED) is 0.397. The van der Waals surface area contributed by atoms with Gasteiger partial charge in [0.2, 0.25) is 0 Å². The van der Waals surface area contributed by atoms with Crippen LogP contribution in [0.25, 0.3) is 5.69 Å². The third-order valence-corrected chi connectivity index (χ3v) is 9.49. The lowest BCUT2D eigenvalue weighted by atomic mass is 9.77. The predicted molar refractivity (Wildman–Crippen MR) is 161 cm³/mol. The summed E-state index contributed by atoms with van der Waals surface area (Å²) in [4.78, 5) is 22.6. The summed E-state index contributed by atoms with van der Waals surface area (Å²) in [7, 11) is 1.48. The van der Waals surface area contributed by atoms with Crippen molar-refractivity contribution in [3.05, 3.63) is 70.7 Å². The summed E-state index contributed by atoms with van der Waals surface area (Å²) < 4.78 is 7.09. The lowest BCUT2D eigenvalue weighted by Gasteiger charge is -2.40. The summed E-state index contributed by atoms with van der Waals surface area (Å²) in [6, 6.07) is 15.1. The lowest BCUT2D eigenvalue weighted by Crippen LogP contribution is -2.43. The number of nitrogens with zero attached hydrogens (tertiary/aromatic N) is 5. The molecule has 2 saturated heterocycles. The van der Waals surface area contributed by atoms with Crippen LogP contribution in [-0.2, 0) is 22.5 Å². The summed E-state index contributed by atoms with van der Waals surface area (Å²) in [6.07, 6.45) is 6.39. The minimum atomic E-state index is -0.155. The number of methoxy groups -OCH3 is 1. The molecule has 1 spiro atoms. The number of nitrogens with one attached hydrogen (secondary N) is 1. The van der Waals surface area contributed by atoms with E-state index in [1.807, 2.05) is 11.6 Å². The summed E-state index contributed by atoms with van der Waals surface area (Å²) in [5, 5.41) is 8.15. The average Bonchev–Trinajstić information content (AvgIpc) is 3.54. The van der Waals surface area contributed by atoms with Crippen LogP contribution in [0.15, 0.2) is 42.5 Å². The molecule has 3 aliphatic heterocycles. The van der Waals surface area contributed by atoms with Crippen molar-refractivity contribution in [3.8, 4) is 5.69 Å². The molecule has 2 aromatic heterocycles. The van der Waals surface area contributed by atoms with Crippen LogP contribution in [-0.4, -0.2) is 76.9 Å². The van der Waals surface area contributed by atoms with Gasteiger partial charge < -0.3 is 15.0 Å². The number of benzene rings is 1. The van der Waals surface area contributed by atoms with Crippen molar-refractivity contribution in [2.24, 2.45) is 5.41 Å². The van der Waals surface area contributed by atoms with Crippen molar-refractivity contribution in [1.29, 1.82) is 0 Å². The number of hydrogen-bond donors (Lipinski definition) is 1. The molecule has 0 saturated carbocycles. The Labute approximate surface area is 244 Å². The molecule has 0 amide bonds. The topological polar surface area (TPSA) is 75.5 Å². The highest BCUT2D eigenvalue weighted by Crippen LogP contribution is 2.41. The number of anilines is 1. The normalized spacial score (nSPS) is 19.6. The van der Waals surface area contributed by atoms with Crippen molar-refractivity contribution in [2.45, 2.75) is 64.8 Å². The van der Waals surface area contributed by atoms with Gasteiger partial charge in [-0.2, -0.15) is 5.10 Å². The van der Waals surface area contributed by atoms with E-state index in [2.05, 4.69) is 69.6 Å². The number of ether oxygens (including phenoxy) is 1. The average molecular weight is 557 g/mol. The smallest absolute Gasteiger partial charge is 0.306 e. The zero-order valence-corrected chi connectivity index (χ0v) is 24.9. The van der Waals surface area contributed by atoms with Crippen molar-refractivity contribution in [3.63, 3.8) is 0 Å². The van der Waals surface area contributed by atoms with E-state index in [4.69, 9.17) is 9.72 Å². The second-order valence-electron chi connectivity index (χ2n) is 12.5. The number of aryl methyl sites for hydroxylation is 3. The first kappa shape index (κ1) is 27.9. The van der Waals surface area contributed by atoms with Crippen LogP contribution in [0.4, 0.5) is 5.82 Å². The fraction of sp³-hybridized carbons (Fsp3) is 0.545. The van der Waals surface area contributed by atoms with E-state index in [0.29, 0.717) is 11.8 Å². The molecular formula is C33H44N6O2. The number of likely N-dealkylation sites (tertiary alicyclic amines) is 2. The minimum absolute atomic E-state index is 0.0807. The molecule has 1 aromatic carbocycles. The number of piperidine rings is 1. The van der Waals surface area contributed by atoms with Gasteiger partial charge in [0.15, 0.2) is 0 Å². The molecule has 218 valence electrons. The molecule has 1 atom stereocenters. The SMILES string of the molecule is COC(=O)C[C@H](CN1CCC2(CC1)CCN(Cc1ccc3c(n1)NCCC3)C2)c1cccc(-n2nc(C)cc2C)c1. The van der Waals surface area contributed by atoms with E-state index >= 15 is 0 Å². The van der Waals surface area contributed by atoms with Gasteiger partial charge >= 0.3 is 5.97 Å². The first-order valence-electron chi connectivity index (χ1n) is 15.3. The zero-order chi connectivity index (χ0) is 28.4. The van der Waals surface area contributed by atoms with Gasteiger partial charge in [-0.15, -0.1) is 0 Å². The van der Waals surface area contributed by atoms with Crippen molar-refractivity contribution in [2.75, 3.05) is 51.7 Å². The number of pyridine rings is 1. The second-order valence-corrected chi connectivity index (χ2v) is 12.5. The van der Waals surface area contributed by atoms with Crippen LogP contribution in [0.2, 0.25) is 0 Å². The Hall–Kier alpha value is -3.23. The van der Waals surface area contributed by atoms with Crippen molar-refractivity contribution >= 4 is 11.8 Å². The summed E-state index contributed by atoms with van der Waals surface area (Å²) in [5.41, 5.74) is 7.25. The molecule has 2 fully saturated rings. The molecule has 0 bridgehead atoms. The predicted octanol–water partition coefficient (Wildman–Crippen LogP) is 4.88. The van der Waals surface area contributed by atoms with E-state index < -0.39 is 0 Å². The van der Waals surface area contributed by atoms with Crippen LogP contribution >= 0.6 is 0 Å². The maximum Gasteiger partial charge on any atom is 0.306 e. The van der Waals surface area contributed by atoms with Gasteiger partial charge in [-0.25, -0.2) is 9.67 Å². The van der Waals surface area contributed by atoms with Crippen LogP contribution < -0.4 is 5.32 Å². The second kappa shape index (κ2) is 11.9. The number of hydrogen-bond acceptors (Lipinski definition) is 7. The summed E-state index contributed by atoms with van der Waals surface area (Å²) >= 11 is 0. The molecule has 41 heavy (non-hydrogen) atoms. The molecule has 6 rings (SSSR count). The Morgan fingerprint density at radius 3 is 2.63 bits per heavy atom. The molecular weight excluding hydrogens is 512 g/mol. The first-order chi connectivity index (χ1) is 19.9. The molecule has 0 unspecified atom stereocenters. The molecule has 3 aromatic rings. The molecule has 0 radical (unpaired) electrons. The van der Waals surface area contributed by atoms with Gasteiger partial charge in [0.25, 0.3) is 0 Å². The summed E-state index contributed by atoms with van der Waals surface area (Å²) in [6.45, 7) is 11.4. The fourth-order valence-corrected chi connectivity index (χ4v) is 7.15. The highest BCUT2D eigenvalue weighted by Gasteiger charge is 2.41. The lowest BCUT2D eigenvalue weighted by molar-refractivity contribution is -0.141. The number of carbonyl (C=O) groups is 1. The van der Waals surface area contributed by atoms with Crippen molar-refractivity contribution in [1.82, 2.24) is 24.6 Å². The van der Waals surface area contributed by atoms with E-state index in [1.54, 1.807) is 0 Å². The monoisotopic (exact) mass is 556 g/mol. The van der Waals surface area contributed by atoms with Gasteiger partial charge in [0, 0.05) is 37.8 Å². The first-order valence-corrected chi connectivity index (χ1v) is 15.3. The molecule has 0 aliphatic carbocycles. The Bertz CT molecular complexity index is 1380. The maximum atomic E-state index is 12.4. The largest absolute Gasteiger partial charge is 0.469 e. The number of rotatable bonds is 8. The number of fused-ring (bicyclic) bond motifs is 1. The highest BCUT2D eigenvalue weighted by atomic mass is 16.5.